The average Bonchev–Trinajstić information content (AvgIpc) is 2.56. The molecule has 132 valence electrons. The Balaban J connectivity index is 2.32. The van der Waals surface area contributed by atoms with Crippen LogP contribution in [0.5, 0.6) is 0 Å². The minimum atomic E-state index is -0.697. The molecule has 0 aliphatic heterocycles. The highest BCUT2D eigenvalue weighted by Gasteiger charge is 2.25. The van der Waals surface area contributed by atoms with E-state index in [-0.39, 0.29) is 11.9 Å². The summed E-state index contributed by atoms with van der Waals surface area (Å²) < 4.78 is 0. The summed E-state index contributed by atoms with van der Waals surface area (Å²) >= 11 is 0. The summed E-state index contributed by atoms with van der Waals surface area (Å²) in [6.45, 7) is 6.92. The zero-order chi connectivity index (χ0) is 17.2. The first-order valence-corrected chi connectivity index (χ1v) is 8.80. The average molecular weight is 325 g/mol. The summed E-state index contributed by atoms with van der Waals surface area (Å²) in [5.41, 5.74) is 3.63. The Hall–Kier alpha value is -1.59. The standard InChI is InChI=1S/C17H31N3O3/c1-4-6-15(12(3)5-2)19-20-17(23)18-11-13-7-9-14(10-8-13)16(21)22/h12-14H,4-11H2,1-3H3,(H,21,22)(H2,18,20,23)/b19-15+/t12-,13?,14?/m0/s1. The molecule has 1 aliphatic carbocycles. The molecular formula is C17H31N3O3. The Kier molecular flexibility index (Phi) is 8.66. The molecule has 0 radical (unpaired) electrons. The zero-order valence-corrected chi connectivity index (χ0v) is 14.6. The third-order valence-electron chi connectivity index (χ3n) is 4.74. The van der Waals surface area contributed by atoms with Gasteiger partial charge in [-0.1, -0.05) is 27.2 Å². The van der Waals surface area contributed by atoms with Crippen LogP contribution >= 0.6 is 0 Å². The molecule has 6 heteroatoms. The van der Waals surface area contributed by atoms with E-state index in [4.69, 9.17) is 5.11 Å². The van der Waals surface area contributed by atoms with E-state index in [1.807, 2.05) is 0 Å². The van der Waals surface area contributed by atoms with Crippen LogP contribution in [0.4, 0.5) is 4.79 Å². The van der Waals surface area contributed by atoms with Crippen molar-refractivity contribution in [3.8, 4) is 0 Å². The van der Waals surface area contributed by atoms with Crippen LogP contribution in [-0.4, -0.2) is 29.4 Å². The number of aliphatic carboxylic acids is 1. The summed E-state index contributed by atoms with van der Waals surface area (Å²) in [6, 6.07) is -0.276. The highest BCUT2D eigenvalue weighted by Crippen LogP contribution is 2.28. The number of hydrogen-bond donors (Lipinski definition) is 3. The van der Waals surface area contributed by atoms with Gasteiger partial charge in [0.05, 0.1) is 5.92 Å². The Morgan fingerprint density at radius 1 is 1.22 bits per heavy atom. The smallest absolute Gasteiger partial charge is 0.335 e. The molecule has 6 nitrogen and oxygen atoms in total. The SMILES string of the molecule is CCC/C(=N\NC(=O)NCC1CCC(C(=O)O)CC1)[C@@H](C)CC. The molecule has 1 saturated carbocycles. The molecule has 0 aromatic rings. The molecule has 0 aromatic carbocycles. The lowest BCUT2D eigenvalue weighted by Gasteiger charge is -2.26. The Morgan fingerprint density at radius 3 is 2.39 bits per heavy atom. The lowest BCUT2D eigenvalue weighted by Crippen LogP contribution is -2.37. The number of nitrogens with one attached hydrogen (secondary N) is 2. The number of rotatable bonds is 8. The number of amides is 2. The van der Waals surface area contributed by atoms with Crippen molar-refractivity contribution in [2.75, 3.05) is 6.54 Å². The molecule has 1 atom stereocenters. The van der Waals surface area contributed by atoms with Crippen LogP contribution in [0.25, 0.3) is 0 Å². The van der Waals surface area contributed by atoms with E-state index in [9.17, 15) is 9.59 Å². The van der Waals surface area contributed by atoms with Gasteiger partial charge in [-0.3, -0.25) is 4.79 Å². The highest BCUT2D eigenvalue weighted by atomic mass is 16.4. The van der Waals surface area contributed by atoms with Gasteiger partial charge < -0.3 is 10.4 Å². The van der Waals surface area contributed by atoms with E-state index in [0.717, 1.165) is 37.8 Å². The number of carbonyl (C=O) groups excluding carboxylic acids is 1. The first kappa shape index (κ1) is 19.5. The molecule has 23 heavy (non-hydrogen) atoms. The predicted molar refractivity (Wildman–Crippen MR) is 91.4 cm³/mol. The first-order valence-electron chi connectivity index (χ1n) is 8.80. The quantitative estimate of drug-likeness (QED) is 0.472. The number of carboxylic acid groups (broad SMARTS) is 1. The first-order chi connectivity index (χ1) is 11.0. The van der Waals surface area contributed by atoms with Crippen LogP contribution in [0.15, 0.2) is 5.10 Å². The van der Waals surface area contributed by atoms with Gasteiger partial charge in [-0.2, -0.15) is 5.10 Å². The predicted octanol–water partition coefficient (Wildman–Crippen LogP) is 3.38. The molecule has 0 aromatic heterocycles. The second-order valence-corrected chi connectivity index (χ2v) is 6.54. The van der Waals surface area contributed by atoms with Crippen LogP contribution in [0.2, 0.25) is 0 Å². The lowest BCUT2D eigenvalue weighted by molar-refractivity contribution is -0.143. The molecule has 1 aliphatic rings. The van der Waals surface area contributed by atoms with E-state index in [1.54, 1.807) is 0 Å². The highest BCUT2D eigenvalue weighted by molar-refractivity contribution is 5.87. The fourth-order valence-corrected chi connectivity index (χ4v) is 2.92. The molecule has 1 rings (SSSR count). The summed E-state index contributed by atoms with van der Waals surface area (Å²) in [5.74, 6) is -0.166. The number of carboxylic acids is 1. The normalized spacial score (nSPS) is 23.2. The third kappa shape index (κ3) is 7.01. The van der Waals surface area contributed by atoms with E-state index >= 15 is 0 Å². The molecular weight excluding hydrogens is 294 g/mol. The van der Waals surface area contributed by atoms with Crippen LogP contribution in [0, 0.1) is 17.8 Å². The van der Waals surface area contributed by atoms with Crippen LogP contribution in [0.1, 0.15) is 65.7 Å². The maximum atomic E-state index is 11.9. The minimum absolute atomic E-state index is 0.211. The van der Waals surface area contributed by atoms with Gasteiger partial charge in [0.2, 0.25) is 0 Å². The minimum Gasteiger partial charge on any atom is -0.481 e. The molecule has 0 spiro atoms. The Bertz CT molecular complexity index is 415. The molecule has 3 N–H and O–H groups in total. The summed E-state index contributed by atoms with van der Waals surface area (Å²) in [7, 11) is 0. The zero-order valence-electron chi connectivity index (χ0n) is 14.6. The van der Waals surface area contributed by atoms with E-state index < -0.39 is 5.97 Å². The van der Waals surface area contributed by atoms with Crippen LogP contribution in [0.3, 0.4) is 0 Å². The van der Waals surface area contributed by atoms with Crippen molar-refractivity contribution in [3.63, 3.8) is 0 Å². The van der Waals surface area contributed by atoms with Crippen molar-refractivity contribution in [2.45, 2.75) is 65.7 Å². The fourth-order valence-electron chi connectivity index (χ4n) is 2.92. The van der Waals surface area contributed by atoms with Gasteiger partial charge in [0, 0.05) is 12.3 Å². The summed E-state index contributed by atoms with van der Waals surface area (Å²) in [6.07, 6.45) is 6.04. The molecule has 2 amide bonds. The largest absolute Gasteiger partial charge is 0.481 e. The fraction of sp³-hybridized carbons (Fsp3) is 0.824. The molecule has 0 unspecified atom stereocenters. The molecule has 0 saturated heterocycles. The van der Waals surface area contributed by atoms with Crippen LogP contribution < -0.4 is 10.7 Å². The summed E-state index contributed by atoms with van der Waals surface area (Å²) in [5, 5.41) is 16.1. The van der Waals surface area contributed by atoms with Gasteiger partial charge in [0.15, 0.2) is 0 Å². The van der Waals surface area contributed by atoms with Gasteiger partial charge in [-0.25, -0.2) is 10.2 Å². The van der Waals surface area contributed by atoms with Crippen molar-refractivity contribution in [1.29, 1.82) is 0 Å². The van der Waals surface area contributed by atoms with Crippen molar-refractivity contribution < 1.29 is 14.7 Å². The summed E-state index contributed by atoms with van der Waals surface area (Å²) in [4.78, 5) is 22.8. The molecule has 1 fully saturated rings. The maximum absolute atomic E-state index is 11.9. The van der Waals surface area contributed by atoms with Crippen molar-refractivity contribution in [2.24, 2.45) is 22.9 Å². The number of carbonyl (C=O) groups is 2. The maximum Gasteiger partial charge on any atom is 0.335 e. The third-order valence-corrected chi connectivity index (χ3v) is 4.74. The van der Waals surface area contributed by atoms with E-state index in [0.29, 0.717) is 31.2 Å². The van der Waals surface area contributed by atoms with Gasteiger partial charge in [0.1, 0.15) is 0 Å². The second kappa shape index (κ2) is 10.2. The number of hydrazone groups is 1. The topological polar surface area (TPSA) is 90.8 Å². The number of nitrogens with zero attached hydrogens (tertiary/aromatic N) is 1. The van der Waals surface area contributed by atoms with Crippen molar-refractivity contribution in [1.82, 2.24) is 10.7 Å². The Labute approximate surface area is 139 Å². The van der Waals surface area contributed by atoms with Gasteiger partial charge in [-0.05, 0) is 50.4 Å². The van der Waals surface area contributed by atoms with E-state index in [2.05, 4.69) is 36.6 Å². The number of urea groups is 1. The van der Waals surface area contributed by atoms with Crippen molar-refractivity contribution >= 4 is 17.7 Å². The lowest BCUT2D eigenvalue weighted by atomic mass is 9.82. The molecule has 0 heterocycles. The van der Waals surface area contributed by atoms with Crippen molar-refractivity contribution in [3.05, 3.63) is 0 Å². The number of hydrogen-bond acceptors (Lipinski definition) is 3. The van der Waals surface area contributed by atoms with Gasteiger partial charge in [-0.15, -0.1) is 0 Å². The second-order valence-electron chi connectivity index (χ2n) is 6.54. The monoisotopic (exact) mass is 325 g/mol. The van der Waals surface area contributed by atoms with E-state index in [1.165, 1.54) is 0 Å². The Morgan fingerprint density at radius 2 is 1.87 bits per heavy atom. The van der Waals surface area contributed by atoms with Crippen LogP contribution in [-0.2, 0) is 4.79 Å². The van der Waals surface area contributed by atoms with Gasteiger partial charge in [0.25, 0.3) is 0 Å². The molecule has 0 bridgehead atoms. The van der Waals surface area contributed by atoms with Gasteiger partial charge >= 0.3 is 12.0 Å².